The molecule has 36 heavy (non-hydrogen) atoms. The number of nitrogens with zero attached hydrogens (tertiary/aromatic N) is 5. The average molecular weight is 490 g/mol. The lowest BCUT2D eigenvalue weighted by atomic mass is 10.1. The molecule has 0 atom stereocenters. The predicted molar refractivity (Wildman–Crippen MR) is 146 cm³/mol. The number of hydrogen-bond donors (Lipinski definition) is 2. The number of ether oxygens (including phenoxy) is 2. The Bertz CT molecular complexity index is 1140. The molecule has 0 bridgehead atoms. The minimum atomic E-state index is 0.560. The number of hydrogen-bond acceptors (Lipinski definition) is 9. The summed E-state index contributed by atoms with van der Waals surface area (Å²) in [6.45, 7) is 9.33. The molecule has 0 unspecified atom stereocenters. The van der Waals surface area contributed by atoms with Crippen LogP contribution in [0.5, 0.6) is 5.75 Å². The van der Waals surface area contributed by atoms with Crippen molar-refractivity contribution in [2.75, 3.05) is 86.7 Å². The van der Waals surface area contributed by atoms with Gasteiger partial charge in [-0.2, -0.15) is 4.98 Å². The van der Waals surface area contributed by atoms with E-state index in [2.05, 4.69) is 61.5 Å². The molecule has 2 N–H and O–H groups in total. The molecule has 0 radical (unpaired) electrons. The number of aromatic nitrogens is 2. The van der Waals surface area contributed by atoms with E-state index in [0.717, 1.165) is 81.0 Å². The third-order valence-electron chi connectivity index (χ3n) is 6.78. The Hall–Kier alpha value is -3.56. The number of anilines is 6. The van der Waals surface area contributed by atoms with Crippen LogP contribution in [0, 0.1) is 6.92 Å². The van der Waals surface area contributed by atoms with Gasteiger partial charge in [-0.25, -0.2) is 4.98 Å². The summed E-state index contributed by atoms with van der Waals surface area (Å²) in [5, 5.41) is 6.91. The van der Waals surface area contributed by atoms with Gasteiger partial charge in [-0.05, 0) is 42.8 Å². The number of nitrogens with one attached hydrogen (secondary N) is 2. The number of methoxy groups -OCH3 is 1. The van der Waals surface area contributed by atoms with Crippen molar-refractivity contribution >= 4 is 34.5 Å². The van der Waals surface area contributed by atoms with E-state index in [1.165, 1.54) is 11.4 Å². The normalized spacial score (nSPS) is 16.1. The zero-order valence-corrected chi connectivity index (χ0v) is 21.3. The Morgan fingerprint density at radius 1 is 0.972 bits per heavy atom. The highest BCUT2D eigenvalue weighted by Crippen LogP contribution is 2.32. The molecule has 2 aliphatic rings. The molecule has 2 saturated heterocycles. The van der Waals surface area contributed by atoms with Gasteiger partial charge in [0.2, 0.25) is 5.95 Å². The van der Waals surface area contributed by atoms with Gasteiger partial charge in [0.1, 0.15) is 11.6 Å². The predicted octanol–water partition coefficient (Wildman–Crippen LogP) is 3.55. The van der Waals surface area contributed by atoms with Gasteiger partial charge < -0.3 is 34.8 Å². The van der Waals surface area contributed by atoms with E-state index < -0.39 is 0 Å². The molecule has 5 rings (SSSR count). The zero-order valence-electron chi connectivity index (χ0n) is 21.3. The van der Waals surface area contributed by atoms with Crippen LogP contribution in [0.1, 0.15) is 5.56 Å². The maximum atomic E-state index is 5.58. The summed E-state index contributed by atoms with van der Waals surface area (Å²) in [5.41, 5.74) is 5.56. The molecule has 2 fully saturated rings. The zero-order chi connectivity index (χ0) is 24.9. The highest BCUT2D eigenvalue weighted by Gasteiger charge is 2.18. The van der Waals surface area contributed by atoms with Crippen LogP contribution < -0.4 is 30.1 Å². The first-order valence-corrected chi connectivity index (χ1v) is 12.5. The minimum absolute atomic E-state index is 0.560. The number of aryl methyl sites for hydroxylation is 1. The van der Waals surface area contributed by atoms with E-state index in [4.69, 9.17) is 14.5 Å². The van der Waals surface area contributed by atoms with Crippen molar-refractivity contribution < 1.29 is 9.47 Å². The van der Waals surface area contributed by atoms with Crippen LogP contribution in [0.2, 0.25) is 0 Å². The van der Waals surface area contributed by atoms with E-state index in [0.29, 0.717) is 5.95 Å². The lowest BCUT2D eigenvalue weighted by molar-refractivity contribution is 0.122. The molecule has 0 saturated carbocycles. The molecular weight excluding hydrogens is 454 g/mol. The van der Waals surface area contributed by atoms with Gasteiger partial charge >= 0.3 is 0 Å². The van der Waals surface area contributed by atoms with E-state index in [1.807, 2.05) is 25.2 Å². The van der Waals surface area contributed by atoms with E-state index in [-0.39, 0.29) is 0 Å². The summed E-state index contributed by atoms with van der Waals surface area (Å²) in [7, 11) is 3.69. The monoisotopic (exact) mass is 489 g/mol. The van der Waals surface area contributed by atoms with Crippen LogP contribution in [-0.4, -0.2) is 76.6 Å². The van der Waals surface area contributed by atoms with Gasteiger partial charge in [-0.15, -0.1) is 0 Å². The topological polar surface area (TPSA) is 78.0 Å². The Balaban J connectivity index is 1.43. The van der Waals surface area contributed by atoms with Crippen molar-refractivity contribution in [1.29, 1.82) is 0 Å². The molecule has 0 spiro atoms. The molecule has 2 aromatic carbocycles. The minimum Gasteiger partial charge on any atom is -0.497 e. The van der Waals surface area contributed by atoms with Gasteiger partial charge in [0, 0.05) is 81.3 Å². The van der Waals surface area contributed by atoms with E-state index >= 15 is 0 Å². The van der Waals surface area contributed by atoms with Gasteiger partial charge in [0.15, 0.2) is 0 Å². The summed E-state index contributed by atoms with van der Waals surface area (Å²) in [6, 6.07) is 14.6. The first-order chi connectivity index (χ1) is 17.6. The summed E-state index contributed by atoms with van der Waals surface area (Å²) in [6.07, 6.45) is 1.79. The molecule has 190 valence electrons. The van der Waals surface area contributed by atoms with E-state index in [9.17, 15) is 0 Å². The molecule has 2 aliphatic heterocycles. The molecular formula is C27H35N7O2. The van der Waals surface area contributed by atoms with Gasteiger partial charge in [-0.3, -0.25) is 0 Å². The smallest absolute Gasteiger partial charge is 0.229 e. The largest absolute Gasteiger partial charge is 0.497 e. The van der Waals surface area contributed by atoms with Crippen molar-refractivity contribution in [2.45, 2.75) is 6.92 Å². The Morgan fingerprint density at radius 3 is 2.42 bits per heavy atom. The fourth-order valence-electron chi connectivity index (χ4n) is 4.70. The fraction of sp³-hybridized carbons (Fsp3) is 0.407. The Morgan fingerprint density at radius 2 is 1.69 bits per heavy atom. The second-order valence-corrected chi connectivity index (χ2v) is 9.15. The van der Waals surface area contributed by atoms with E-state index in [1.54, 1.807) is 13.3 Å². The summed E-state index contributed by atoms with van der Waals surface area (Å²) < 4.78 is 11.0. The highest BCUT2D eigenvalue weighted by atomic mass is 16.5. The number of morpholine rings is 1. The quantitative estimate of drug-likeness (QED) is 0.518. The second-order valence-electron chi connectivity index (χ2n) is 9.15. The standard InChI is InChI=1S/C27H35N7O2/c1-20-4-5-24(35-3)19-25(20)32(2)26-6-7-29-27(31-26)30-21-16-22(33-10-8-28-9-11-33)18-23(17-21)34-12-14-36-15-13-34/h4-7,16-19,28H,8-15H2,1-3H3,(H,29,30,31). The van der Waals surface area contributed by atoms with Crippen LogP contribution in [-0.2, 0) is 4.74 Å². The Kier molecular flexibility index (Phi) is 7.39. The molecule has 9 nitrogen and oxygen atoms in total. The summed E-state index contributed by atoms with van der Waals surface area (Å²) in [5.74, 6) is 2.18. The van der Waals surface area contributed by atoms with Crippen molar-refractivity contribution in [2.24, 2.45) is 0 Å². The highest BCUT2D eigenvalue weighted by molar-refractivity contribution is 5.72. The average Bonchev–Trinajstić information content (AvgIpc) is 2.94. The third kappa shape index (κ3) is 5.47. The molecule has 3 heterocycles. The molecule has 3 aromatic rings. The van der Waals surface area contributed by atoms with Crippen LogP contribution in [0.4, 0.5) is 34.5 Å². The maximum absolute atomic E-state index is 5.58. The van der Waals surface area contributed by atoms with Crippen LogP contribution in [0.25, 0.3) is 0 Å². The van der Waals surface area contributed by atoms with Gasteiger partial charge in [0.25, 0.3) is 0 Å². The SMILES string of the molecule is COc1ccc(C)c(N(C)c2ccnc(Nc3cc(N4CCNCC4)cc(N4CCOCC4)c3)n2)c1. The molecule has 1 aromatic heterocycles. The molecule has 0 amide bonds. The number of rotatable bonds is 7. The van der Waals surface area contributed by atoms with Crippen LogP contribution in [0.15, 0.2) is 48.7 Å². The van der Waals surface area contributed by atoms with Crippen LogP contribution in [0.3, 0.4) is 0 Å². The third-order valence-corrected chi connectivity index (χ3v) is 6.78. The maximum Gasteiger partial charge on any atom is 0.229 e. The second kappa shape index (κ2) is 11.0. The first kappa shape index (κ1) is 24.1. The molecule has 0 aliphatic carbocycles. The number of benzene rings is 2. The van der Waals surface area contributed by atoms with Gasteiger partial charge in [-0.1, -0.05) is 6.07 Å². The van der Waals surface area contributed by atoms with Crippen molar-refractivity contribution in [3.8, 4) is 5.75 Å². The number of piperazine rings is 1. The molecule has 9 heteroatoms. The lowest BCUT2D eigenvalue weighted by Gasteiger charge is -2.33. The summed E-state index contributed by atoms with van der Waals surface area (Å²) in [4.78, 5) is 16.2. The Labute approximate surface area is 213 Å². The van der Waals surface area contributed by atoms with Crippen molar-refractivity contribution in [3.63, 3.8) is 0 Å². The lowest BCUT2D eigenvalue weighted by Crippen LogP contribution is -2.43. The fourth-order valence-corrected chi connectivity index (χ4v) is 4.70. The van der Waals surface area contributed by atoms with Crippen molar-refractivity contribution in [1.82, 2.24) is 15.3 Å². The van der Waals surface area contributed by atoms with Crippen LogP contribution >= 0.6 is 0 Å². The van der Waals surface area contributed by atoms with Crippen molar-refractivity contribution in [3.05, 3.63) is 54.2 Å². The first-order valence-electron chi connectivity index (χ1n) is 12.5. The summed E-state index contributed by atoms with van der Waals surface area (Å²) >= 11 is 0. The van der Waals surface area contributed by atoms with Gasteiger partial charge in [0.05, 0.1) is 20.3 Å².